The van der Waals surface area contributed by atoms with Gasteiger partial charge in [-0.2, -0.15) is 0 Å². The van der Waals surface area contributed by atoms with E-state index in [2.05, 4.69) is 11.4 Å². The second-order valence-electron chi connectivity index (χ2n) is 5.57. The number of halogens is 1. The van der Waals surface area contributed by atoms with Crippen LogP contribution in [0.3, 0.4) is 0 Å². The van der Waals surface area contributed by atoms with Gasteiger partial charge in [-0.05, 0) is 41.8 Å². The molecule has 2 amide bonds. The number of fused-ring (bicyclic) bond motifs is 1. The van der Waals surface area contributed by atoms with Gasteiger partial charge >= 0.3 is 0 Å². The molecular formula is C18H17ClN2O2. The number of carbonyl (C=O) groups is 2. The molecule has 1 N–H and O–H groups in total. The van der Waals surface area contributed by atoms with Crippen molar-refractivity contribution in [3.8, 4) is 0 Å². The molecule has 2 aromatic rings. The highest BCUT2D eigenvalue weighted by Crippen LogP contribution is 2.19. The molecule has 0 radical (unpaired) electrons. The number of amides is 2. The topological polar surface area (TPSA) is 49.4 Å². The lowest BCUT2D eigenvalue weighted by Gasteiger charge is -2.28. The van der Waals surface area contributed by atoms with Crippen LogP contribution in [0.15, 0.2) is 48.5 Å². The second kappa shape index (κ2) is 6.84. The van der Waals surface area contributed by atoms with Gasteiger partial charge in [0.2, 0.25) is 11.8 Å². The van der Waals surface area contributed by atoms with E-state index in [1.54, 1.807) is 29.2 Å². The second-order valence-corrected chi connectivity index (χ2v) is 6.00. The Morgan fingerprint density at radius 3 is 2.48 bits per heavy atom. The van der Waals surface area contributed by atoms with Gasteiger partial charge < -0.3 is 10.2 Å². The van der Waals surface area contributed by atoms with Crippen LogP contribution in [0.25, 0.3) is 0 Å². The predicted molar refractivity (Wildman–Crippen MR) is 90.3 cm³/mol. The maximum absolute atomic E-state index is 12.3. The van der Waals surface area contributed by atoms with E-state index in [4.69, 9.17) is 11.6 Å². The Kier molecular flexibility index (Phi) is 4.63. The van der Waals surface area contributed by atoms with E-state index in [-0.39, 0.29) is 18.2 Å². The SMILES string of the molecule is O=C(CC(=O)N1CCc2ccccc2C1)Nc1ccc(Cl)cc1. The van der Waals surface area contributed by atoms with Gasteiger partial charge in [-0.3, -0.25) is 9.59 Å². The molecule has 0 unspecified atom stereocenters. The van der Waals surface area contributed by atoms with E-state index in [1.165, 1.54) is 5.56 Å². The highest BCUT2D eigenvalue weighted by atomic mass is 35.5. The average molecular weight is 329 g/mol. The van der Waals surface area contributed by atoms with E-state index in [0.717, 1.165) is 12.0 Å². The summed E-state index contributed by atoms with van der Waals surface area (Å²) in [7, 11) is 0. The first-order chi connectivity index (χ1) is 11.1. The lowest BCUT2D eigenvalue weighted by atomic mass is 10.00. The van der Waals surface area contributed by atoms with Crippen LogP contribution in [0.5, 0.6) is 0 Å². The zero-order chi connectivity index (χ0) is 16.2. The number of nitrogens with one attached hydrogen (secondary N) is 1. The fourth-order valence-electron chi connectivity index (χ4n) is 2.70. The van der Waals surface area contributed by atoms with Gasteiger partial charge in [0.05, 0.1) is 0 Å². The monoisotopic (exact) mass is 328 g/mol. The molecule has 4 nitrogen and oxygen atoms in total. The fourth-order valence-corrected chi connectivity index (χ4v) is 2.82. The number of carbonyl (C=O) groups excluding carboxylic acids is 2. The highest BCUT2D eigenvalue weighted by molar-refractivity contribution is 6.30. The Morgan fingerprint density at radius 2 is 1.74 bits per heavy atom. The maximum atomic E-state index is 12.3. The molecule has 0 bridgehead atoms. The molecule has 0 saturated carbocycles. The van der Waals surface area contributed by atoms with Crippen LogP contribution in [0.2, 0.25) is 5.02 Å². The number of benzene rings is 2. The summed E-state index contributed by atoms with van der Waals surface area (Å²) in [5.74, 6) is -0.456. The van der Waals surface area contributed by atoms with Gasteiger partial charge in [-0.25, -0.2) is 0 Å². The number of anilines is 1. The molecule has 0 saturated heterocycles. The lowest BCUT2D eigenvalue weighted by Crippen LogP contribution is -2.37. The Morgan fingerprint density at radius 1 is 1.04 bits per heavy atom. The minimum atomic E-state index is -0.309. The zero-order valence-electron chi connectivity index (χ0n) is 12.6. The van der Waals surface area contributed by atoms with E-state index < -0.39 is 0 Å². The van der Waals surface area contributed by atoms with Gasteiger partial charge in [0.25, 0.3) is 0 Å². The summed E-state index contributed by atoms with van der Waals surface area (Å²) in [5, 5.41) is 3.32. The fraction of sp³-hybridized carbons (Fsp3) is 0.222. The van der Waals surface area contributed by atoms with Gasteiger partial charge in [0.15, 0.2) is 0 Å². The summed E-state index contributed by atoms with van der Waals surface area (Å²) in [6.07, 6.45) is 0.686. The molecule has 1 aliphatic rings. The number of hydrogen-bond donors (Lipinski definition) is 1. The van der Waals surface area contributed by atoms with Crippen LogP contribution in [0, 0.1) is 0 Å². The van der Waals surface area contributed by atoms with Crippen LogP contribution in [-0.4, -0.2) is 23.3 Å². The summed E-state index contributed by atoms with van der Waals surface area (Å²) >= 11 is 5.80. The normalized spacial score (nSPS) is 13.3. The van der Waals surface area contributed by atoms with Crippen LogP contribution < -0.4 is 5.32 Å². The quantitative estimate of drug-likeness (QED) is 0.879. The molecule has 1 aliphatic heterocycles. The zero-order valence-corrected chi connectivity index (χ0v) is 13.3. The standard InChI is InChI=1S/C18H17ClN2O2/c19-15-5-7-16(8-6-15)20-17(22)11-18(23)21-10-9-13-3-1-2-4-14(13)12-21/h1-8H,9-12H2,(H,20,22). The smallest absolute Gasteiger partial charge is 0.233 e. The molecule has 5 heteroatoms. The summed E-state index contributed by atoms with van der Waals surface area (Å²) in [6, 6.07) is 14.9. The largest absolute Gasteiger partial charge is 0.338 e. The average Bonchev–Trinajstić information content (AvgIpc) is 2.56. The van der Waals surface area contributed by atoms with Crippen LogP contribution in [-0.2, 0) is 22.6 Å². The molecule has 0 fully saturated rings. The third-order valence-corrected chi connectivity index (χ3v) is 4.18. The molecule has 118 valence electrons. The molecule has 0 aliphatic carbocycles. The van der Waals surface area contributed by atoms with Crippen molar-refractivity contribution in [3.63, 3.8) is 0 Å². The number of rotatable bonds is 3. The molecule has 23 heavy (non-hydrogen) atoms. The van der Waals surface area contributed by atoms with Crippen LogP contribution in [0.4, 0.5) is 5.69 Å². The Bertz CT molecular complexity index is 728. The molecule has 1 heterocycles. The summed E-state index contributed by atoms with van der Waals surface area (Å²) in [6.45, 7) is 1.23. The molecule has 2 aromatic carbocycles. The third-order valence-electron chi connectivity index (χ3n) is 3.92. The predicted octanol–water partition coefficient (Wildman–Crippen LogP) is 3.25. The minimum absolute atomic E-state index is 0.147. The van der Waals surface area contributed by atoms with Crippen molar-refractivity contribution in [1.29, 1.82) is 0 Å². The maximum Gasteiger partial charge on any atom is 0.233 e. The molecular weight excluding hydrogens is 312 g/mol. The van der Waals surface area contributed by atoms with Crippen LogP contribution >= 0.6 is 11.6 Å². The summed E-state index contributed by atoms with van der Waals surface area (Å²) in [5.41, 5.74) is 3.07. The van der Waals surface area contributed by atoms with Crippen molar-refractivity contribution in [3.05, 3.63) is 64.7 Å². The van der Waals surface area contributed by atoms with Gasteiger partial charge in [-0.1, -0.05) is 35.9 Å². The van der Waals surface area contributed by atoms with Crippen molar-refractivity contribution in [1.82, 2.24) is 4.90 Å². The first-order valence-electron chi connectivity index (χ1n) is 7.52. The third kappa shape index (κ3) is 3.90. The first-order valence-corrected chi connectivity index (χ1v) is 7.89. The molecule has 0 atom stereocenters. The molecule has 3 rings (SSSR count). The van der Waals surface area contributed by atoms with E-state index in [0.29, 0.717) is 23.8 Å². The highest BCUT2D eigenvalue weighted by Gasteiger charge is 2.22. The number of hydrogen-bond acceptors (Lipinski definition) is 2. The Labute approximate surface area is 140 Å². The summed E-state index contributed by atoms with van der Waals surface area (Å²) in [4.78, 5) is 26.1. The molecule has 0 spiro atoms. The van der Waals surface area contributed by atoms with E-state index >= 15 is 0 Å². The van der Waals surface area contributed by atoms with Crippen molar-refractivity contribution < 1.29 is 9.59 Å². The Balaban J connectivity index is 1.57. The van der Waals surface area contributed by atoms with Crippen molar-refractivity contribution in [2.45, 2.75) is 19.4 Å². The molecule has 0 aromatic heterocycles. The Hall–Kier alpha value is -2.33. The van der Waals surface area contributed by atoms with E-state index in [1.807, 2.05) is 18.2 Å². The van der Waals surface area contributed by atoms with Crippen molar-refractivity contribution in [2.24, 2.45) is 0 Å². The van der Waals surface area contributed by atoms with Gasteiger partial charge in [-0.15, -0.1) is 0 Å². The van der Waals surface area contributed by atoms with Gasteiger partial charge in [0, 0.05) is 23.8 Å². The van der Waals surface area contributed by atoms with Gasteiger partial charge in [0.1, 0.15) is 6.42 Å². The lowest BCUT2D eigenvalue weighted by molar-refractivity contribution is -0.135. The van der Waals surface area contributed by atoms with Crippen molar-refractivity contribution >= 4 is 29.1 Å². The minimum Gasteiger partial charge on any atom is -0.338 e. The van der Waals surface area contributed by atoms with Crippen LogP contribution in [0.1, 0.15) is 17.5 Å². The number of nitrogens with zero attached hydrogens (tertiary/aromatic N) is 1. The van der Waals surface area contributed by atoms with E-state index in [9.17, 15) is 9.59 Å². The van der Waals surface area contributed by atoms with Crippen molar-refractivity contribution in [2.75, 3.05) is 11.9 Å². The first kappa shape index (κ1) is 15.6. The summed E-state index contributed by atoms with van der Waals surface area (Å²) < 4.78 is 0.